The molecule has 3 atom stereocenters. The van der Waals surface area contributed by atoms with Crippen LogP contribution in [0.15, 0.2) is 0 Å². The number of primary amides is 1. The highest BCUT2D eigenvalue weighted by molar-refractivity contribution is 5.86. The van der Waals surface area contributed by atoms with E-state index in [2.05, 4.69) is 5.32 Å². The van der Waals surface area contributed by atoms with Crippen LogP contribution in [-0.2, 0) is 19.1 Å². The summed E-state index contributed by atoms with van der Waals surface area (Å²) in [5.41, 5.74) is 4.97. The van der Waals surface area contributed by atoms with Gasteiger partial charge in [0, 0.05) is 13.0 Å². The standard InChI is InChI=1S/C12H20N2O5/c1-2-9-7(5-6-19-9)11(16)14-8(12(17)18)3-4-10(13)15/h7-9H,2-6H2,1H3,(H2,13,15)(H,14,16)(H,17,18)/t7?,8-,9?/m0/s1. The molecule has 0 spiro atoms. The Morgan fingerprint density at radius 3 is 2.68 bits per heavy atom. The van der Waals surface area contributed by atoms with Crippen molar-refractivity contribution < 1.29 is 24.2 Å². The molecule has 1 heterocycles. The van der Waals surface area contributed by atoms with E-state index in [1.165, 1.54) is 0 Å². The molecule has 0 aromatic heterocycles. The van der Waals surface area contributed by atoms with Crippen LogP contribution in [0.2, 0.25) is 0 Å². The fourth-order valence-corrected chi connectivity index (χ4v) is 2.17. The number of hydrogen-bond donors (Lipinski definition) is 3. The average molecular weight is 272 g/mol. The van der Waals surface area contributed by atoms with Crippen LogP contribution in [0.25, 0.3) is 0 Å². The van der Waals surface area contributed by atoms with E-state index in [1.54, 1.807) is 0 Å². The number of carbonyl (C=O) groups excluding carboxylic acids is 2. The van der Waals surface area contributed by atoms with Crippen molar-refractivity contribution >= 4 is 17.8 Å². The Morgan fingerprint density at radius 1 is 1.47 bits per heavy atom. The quantitative estimate of drug-likeness (QED) is 0.584. The van der Waals surface area contributed by atoms with Crippen molar-refractivity contribution in [3.05, 3.63) is 0 Å². The van der Waals surface area contributed by atoms with Crippen molar-refractivity contribution in [2.45, 2.75) is 44.8 Å². The molecule has 2 unspecified atom stereocenters. The van der Waals surface area contributed by atoms with Crippen LogP contribution < -0.4 is 11.1 Å². The Bertz CT molecular complexity index is 358. The first-order chi connectivity index (χ1) is 8.95. The smallest absolute Gasteiger partial charge is 0.326 e. The molecule has 1 fully saturated rings. The average Bonchev–Trinajstić information content (AvgIpc) is 2.81. The number of carbonyl (C=O) groups is 3. The van der Waals surface area contributed by atoms with E-state index in [9.17, 15) is 14.4 Å². The van der Waals surface area contributed by atoms with Crippen molar-refractivity contribution in [2.75, 3.05) is 6.61 Å². The molecule has 7 heteroatoms. The van der Waals surface area contributed by atoms with Crippen LogP contribution in [0.3, 0.4) is 0 Å². The van der Waals surface area contributed by atoms with Gasteiger partial charge in [0.05, 0.1) is 12.0 Å². The topological polar surface area (TPSA) is 119 Å². The van der Waals surface area contributed by atoms with Gasteiger partial charge in [0.1, 0.15) is 6.04 Å². The third kappa shape index (κ3) is 4.51. The lowest BCUT2D eigenvalue weighted by molar-refractivity contribution is -0.143. The summed E-state index contributed by atoms with van der Waals surface area (Å²) in [6.07, 6.45) is 1.06. The van der Waals surface area contributed by atoms with Gasteiger partial charge in [-0.2, -0.15) is 0 Å². The Kier molecular flexibility index (Phi) is 5.75. The minimum atomic E-state index is -1.17. The SMILES string of the molecule is CCC1OCCC1C(=O)N[C@@H](CCC(N)=O)C(=O)O. The van der Waals surface area contributed by atoms with E-state index < -0.39 is 17.9 Å². The molecule has 108 valence electrons. The van der Waals surface area contributed by atoms with Crippen molar-refractivity contribution in [1.29, 1.82) is 0 Å². The zero-order valence-corrected chi connectivity index (χ0v) is 10.9. The number of ether oxygens (including phenoxy) is 1. The molecule has 7 nitrogen and oxygen atoms in total. The van der Waals surface area contributed by atoms with Gasteiger partial charge >= 0.3 is 5.97 Å². The van der Waals surface area contributed by atoms with E-state index >= 15 is 0 Å². The summed E-state index contributed by atoms with van der Waals surface area (Å²) in [5, 5.41) is 11.5. The molecule has 2 amide bonds. The van der Waals surface area contributed by atoms with Gasteiger partial charge in [-0.1, -0.05) is 6.92 Å². The molecular weight excluding hydrogens is 252 g/mol. The molecule has 0 bridgehead atoms. The molecule has 0 aliphatic carbocycles. The molecule has 1 saturated heterocycles. The molecule has 0 saturated carbocycles. The highest BCUT2D eigenvalue weighted by atomic mass is 16.5. The molecule has 0 aromatic rings. The minimum absolute atomic E-state index is 0.000769. The molecule has 4 N–H and O–H groups in total. The molecule has 1 rings (SSSR count). The third-order valence-electron chi connectivity index (χ3n) is 3.24. The Hall–Kier alpha value is -1.63. The lowest BCUT2D eigenvalue weighted by Crippen LogP contribution is -2.45. The van der Waals surface area contributed by atoms with Gasteiger partial charge in [-0.25, -0.2) is 4.79 Å². The summed E-state index contributed by atoms with van der Waals surface area (Å²) in [5.74, 6) is -2.40. The summed E-state index contributed by atoms with van der Waals surface area (Å²) in [7, 11) is 0. The van der Waals surface area contributed by atoms with E-state index in [-0.39, 0.29) is 30.8 Å². The van der Waals surface area contributed by atoms with Crippen LogP contribution in [0.4, 0.5) is 0 Å². The van der Waals surface area contributed by atoms with Gasteiger partial charge < -0.3 is 20.9 Å². The van der Waals surface area contributed by atoms with Crippen LogP contribution in [0.5, 0.6) is 0 Å². The lowest BCUT2D eigenvalue weighted by Gasteiger charge is -2.20. The van der Waals surface area contributed by atoms with Gasteiger partial charge in [0.15, 0.2) is 0 Å². The number of hydrogen-bond acceptors (Lipinski definition) is 4. The molecule has 0 aromatic carbocycles. The number of aliphatic carboxylic acids is 1. The maximum atomic E-state index is 12.0. The molecule has 1 aliphatic heterocycles. The normalized spacial score (nSPS) is 23.8. The Labute approximate surface area is 111 Å². The number of rotatable bonds is 7. The predicted octanol–water partition coefficient (Wildman–Crippen LogP) is -0.364. The largest absolute Gasteiger partial charge is 0.480 e. The van der Waals surface area contributed by atoms with E-state index in [4.69, 9.17) is 15.6 Å². The molecule has 1 aliphatic rings. The fourth-order valence-electron chi connectivity index (χ4n) is 2.17. The summed E-state index contributed by atoms with van der Waals surface area (Å²) in [4.78, 5) is 33.7. The van der Waals surface area contributed by atoms with Crippen molar-refractivity contribution in [2.24, 2.45) is 11.7 Å². The Morgan fingerprint density at radius 2 is 2.16 bits per heavy atom. The van der Waals surface area contributed by atoms with E-state index in [0.717, 1.165) is 0 Å². The fraction of sp³-hybridized carbons (Fsp3) is 0.750. The van der Waals surface area contributed by atoms with Gasteiger partial charge in [0.25, 0.3) is 0 Å². The zero-order chi connectivity index (χ0) is 14.4. The number of carboxylic acid groups (broad SMARTS) is 1. The molecule has 0 radical (unpaired) electrons. The van der Waals surface area contributed by atoms with Crippen LogP contribution in [-0.4, -0.2) is 41.6 Å². The van der Waals surface area contributed by atoms with E-state index in [0.29, 0.717) is 19.4 Å². The minimum Gasteiger partial charge on any atom is -0.480 e. The summed E-state index contributed by atoms with van der Waals surface area (Å²) >= 11 is 0. The first-order valence-corrected chi connectivity index (χ1v) is 6.38. The number of nitrogens with one attached hydrogen (secondary N) is 1. The number of amides is 2. The van der Waals surface area contributed by atoms with E-state index in [1.807, 2.05) is 6.92 Å². The Balaban J connectivity index is 2.55. The van der Waals surface area contributed by atoms with Gasteiger partial charge in [-0.3, -0.25) is 9.59 Å². The highest BCUT2D eigenvalue weighted by Crippen LogP contribution is 2.23. The maximum absolute atomic E-state index is 12.0. The molecule has 19 heavy (non-hydrogen) atoms. The maximum Gasteiger partial charge on any atom is 0.326 e. The van der Waals surface area contributed by atoms with Crippen LogP contribution in [0, 0.1) is 5.92 Å². The first-order valence-electron chi connectivity index (χ1n) is 6.38. The molecular formula is C12H20N2O5. The second-order valence-electron chi connectivity index (χ2n) is 4.62. The second kappa shape index (κ2) is 7.08. The summed E-state index contributed by atoms with van der Waals surface area (Å²) in [6, 6.07) is -1.09. The summed E-state index contributed by atoms with van der Waals surface area (Å²) < 4.78 is 5.39. The van der Waals surface area contributed by atoms with Gasteiger partial charge in [0.2, 0.25) is 11.8 Å². The van der Waals surface area contributed by atoms with Crippen LogP contribution >= 0.6 is 0 Å². The highest BCUT2D eigenvalue weighted by Gasteiger charge is 2.34. The van der Waals surface area contributed by atoms with Gasteiger partial charge in [-0.15, -0.1) is 0 Å². The van der Waals surface area contributed by atoms with Crippen molar-refractivity contribution in [3.63, 3.8) is 0 Å². The first kappa shape index (κ1) is 15.4. The lowest BCUT2D eigenvalue weighted by atomic mass is 9.98. The van der Waals surface area contributed by atoms with Crippen molar-refractivity contribution in [3.8, 4) is 0 Å². The zero-order valence-electron chi connectivity index (χ0n) is 10.9. The van der Waals surface area contributed by atoms with Crippen LogP contribution in [0.1, 0.15) is 32.6 Å². The van der Waals surface area contributed by atoms with Crippen molar-refractivity contribution in [1.82, 2.24) is 5.32 Å². The third-order valence-corrected chi connectivity index (χ3v) is 3.24. The van der Waals surface area contributed by atoms with Gasteiger partial charge in [-0.05, 0) is 19.3 Å². The number of carboxylic acids is 1. The number of nitrogens with two attached hydrogens (primary N) is 1. The predicted molar refractivity (Wildman–Crippen MR) is 66.1 cm³/mol. The summed E-state index contributed by atoms with van der Waals surface area (Å²) in [6.45, 7) is 2.42. The second-order valence-corrected chi connectivity index (χ2v) is 4.62. The monoisotopic (exact) mass is 272 g/mol.